The molecule has 87 heavy (non-hydrogen) atoms. The minimum absolute atomic E-state index is 0.0403. The molecule has 0 spiro atoms. The van der Waals surface area contributed by atoms with Gasteiger partial charge in [-0.15, -0.1) is 0 Å². The quantitative estimate of drug-likeness (QED) is 0.0264. The molecule has 2 unspecified atom stereocenters. The average Bonchev–Trinajstić information content (AvgIpc) is 3.64. The van der Waals surface area contributed by atoms with E-state index in [2.05, 4.69) is 208 Å². The Labute approximate surface area is 532 Å². The summed E-state index contributed by atoms with van der Waals surface area (Å²) in [6, 6.07) is 0. The summed E-state index contributed by atoms with van der Waals surface area (Å²) < 4.78 is 33.1. The zero-order valence-corrected chi connectivity index (χ0v) is 55.6. The minimum atomic E-state index is -4.41. The summed E-state index contributed by atoms with van der Waals surface area (Å²) in [7, 11) is -4.41. The molecule has 0 aliphatic rings. The highest BCUT2D eigenvalue weighted by Crippen LogP contribution is 2.43. The third-order valence-corrected chi connectivity index (χ3v) is 14.5. The molecule has 3 N–H and O–H groups in total. The third-order valence-electron chi connectivity index (χ3n) is 13.5. The Bertz CT molecular complexity index is 2130. The van der Waals surface area contributed by atoms with Crippen molar-refractivity contribution in [3.8, 4) is 0 Å². The van der Waals surface area contributed by atoms with Crippen molar-refractivity contribution in [1.82, 2.24) is 0 Å². The number of phosphoric ester groups is 1. The summed E-state index contributed by atoms with van der Waals surface area (Å²) in [5.74, 6) is -0.860. The largest absolute Gasteiger partial charge is 0.472 e. The summed E-state index contributed by atoms with van der Waals surface area (Å²) >= 11 is 0. The molecule has 0 aliphatic carbocycles. The molecule has 0 aromatic rings. The lowest BCUT2D eigenvalue weighted by atomic mass is 10.1. The van der Waals surface area contributed by atoms with Gasteiger partial charge in [-0.3, -0.25) is 18.6 Å². The maximum Gasteiger partial charge on any atom is 0.472 e. The molecule has 0 saturated carbocycles. The van der Waals surface area contributed by atoms with Crippen LogP contribution in [0.3, 0.4) is 0 Å². The van der Waals surface area contributed by atoms with E-state index in [4.69, 9.17) is 24.3 Å². The van der Waals surface area contributed by atoms with Crippen molar-refractivity contribution < 1.29 is 37.6 Å². The van der Waals surface area contributed by atoms with Crippen molar-refractivity contribution in [1.29, 1.82) is 0 Å². The summed E-state index contributed by atoms with van der Waals surface area (Å²) in [5, 5.41) is 0. The fourth-order valence-corrected chi connectivity index (χ4v) is 9.31. The molecule has 0 saturated heterocycles. The number of rotatable bonds is 61. The zero-order chi connectivity index (χ0) is 63.0. The Morgan fingerprint density at radius 2 is 0.598 bits per heavy atom. The van der Waals surface area contributed by atoms with E-state index in [0.29, 0.717) is 12.8 Å². The lowest BCUT2D eigenvalue weighted by molar-refractivity contribution is -0.161. The van der Waals surface area contributed by atoms with Crippen molar-refractivity contribution in [2.24, 2.45) is 5.73 Å². The van der Waals surface area contributed by atoms with Crippen molar-refractivity contribution in [3.05, 3.63) is 194 Å². The van der Waals surface area contributed by atoms with E-state index in [1.807, 2.05) is 0 Å². The summed E-state index contributed by atoms with van der Waals surface area (Å²) in [4.78, 5) is 35.3. The highest BCUT2D eigenvalue weighted by molar-refractivity contribution is 7.47. The van der Waals surface area contributed by atoms with Gasteiger partial charge in [0, 0.05) is 19.4 Å². The number of allylic oxidation sites excluding steroid dienone is 32. The van der Waals surface area contributed by atoms with Crippen LogP contribution in [-0.4, -0.2) is 49.3 Å². The maximum atomic E-state index is 12.8. The highest BCUT2D eigenvalue weighted by Gasteiger charge is 2.26. The van der Waals surface area contributed by atoms with Crippen molar-refractivity contribution in [2.45, 2.75) is 251 Å². The SMILES string of the molecule is CC/C=C\C/C=C\C/C=C\C/C=C\C/C=C\C/C=C\C/C=C\C/C=C\C/C=C\C/C=C\CCCCCCCCCCC(=O)OC(COC(=O)CCCCCCCCCC/C=C\C/C=C\C/C=C\C/C=C\C/C=C\C/C=C\CC)COP(=O)(O)OCCN. The monoisotopic (exact) mass is 1220 g/mol. The first-order valence-corrected chi connectivity index (χ1v) is 35.4. The molecule has 0 bridgehead atoms. The van der Waals surface area contributed by atoms with Gasteiger partial charge in [0.2, 0.25) is 0 Å². The number of hydrogen-bond acceptors (Lipinski definition) is 8. The Balaban J connectivity index is 4.03. The summed E-state index contributed by atoms with van der Waals surface area (Å²) in [6.45, 7) is 3.48. The lowest BCUT2D eigenvalue weighted by Crippen LogP contribution is -2.29. The van der Waals surface area contributed by atoms with Crippen LogP contribution in [0.25, 0.3) is 0 Å². The molecule has 10 heteroatoms. The van der Waals surface area contributed by atoms with E-state index < -0.39 is 32.5 Å². The Kier molecular flexibility index (Phi) is 65.8. The number of carbonyl (C=O) groups is 2. The van der Waals surface area contributed by atoms with E-state index in [0.717, 1.165) is 154 Å². The van der Waals surface area contributed by atoms with Crippen LogP contribution in [0.15, 0.2) is 194 Å². The molecular weight excluding hydrogens is 1100 g/mol. The van der Waals surface area contributed by atoms with Gasteiger partial charge in [0.25, 0.3) is 0 Å². The predicted molar refractivity (Wildman–Crippen MR) is 375 cm³/mol. The van der Waals surface area contributed by atoms with Crippen LogP contribution in [-0.2, 0) is 32.7 Å². The molecule has 2 atom stereocenters. The Morgan fingerprint density at radius 1 is 0.345 bits per heavy atom. The molecule has 0 rings (SSSR count). The topological polar surface area (TPSA) is 134 Å². The van der Waals surface area contributed by atoms with Gasteiger partial charge in [-0.05, 0) is 141 Å². The molecule has 0 amide bonds. The zero-order valence-electron chi connectivity index (χ0n) is 54.7. The molecule has 0 aromatic carbocycles. The molecule has 0 radical (unpaired) electrons. The lowest BCUT2D eigenvalue weighted by Gasteiger charge is -2.19. The number of ether oxygens (including phenoxy) is 2. The predicted octanol–water partition coefficient (Wildman–Crippen LogP) is 22.5. The summed E-state index contributed by atoms with van der Waals surface area (Å²) in [6.07, 6.45) is 106. The van der Waals surface area contributed by atoms with Gasteiger partial charge in [0.1, 0.15) is 6.61 Å². The van der Waals surface area contributed by atoms with E-state index in [1.165, 1.54) is 51.4 Å². The standard InChI is InChI=1S/C77H122NO8P/c1-3-5-7-9-11-13-15-17-19-21-23-25-27-29-31-32-33-34-35-36-37-38-39-40-41-42-44-46-48-50-52-54-56-58-60-62-64-66-68-70-77(80)86-75(74-85-87(81,82)84-72-71-78)73-83-76(79)69-67-65-63-61-59-57-55-53-51-49-47-45-43-30-28-26-24-22-20-18-16-14-12-10-8-6-4-2/h5-8,11-14,17-20,23-26,29-31,33-34,36-37,39-40,42-44,47-50,75H,3-4,9-10,15-16,21-22,27-28,32,35,38,41,45-46,51-74,78H2,1-2H3,(H,81,82)/b7-5-,8-6-,13-11-,14-12-,19-17-,20-18-,25-23-,26-24-,31-29-,34-33-,37-36-,40-39-,43-30-,44-42-,49-47-,50-48-. The molecule has 0 fully saturated rings. The number of nitrogens with two attached hydrogens (primary N) is 1. The molecule has 9 nitrogen and oxygen atoms in total. The molecule has 0 aliphatic heterocycles. The third kappa shape index (κ3) is 69.8. The van der Waals surface area contributed by atoms with Crippen molar-refractivity contribution in [3.63, 3.8) is 0 Å². The number of unbranched alkanes of at least 4 members (excludes halogenated alkanes) is 16. The second kappa shape index (κ2) is 69.9. The van der Waals surface area contributed by atoms with Gasteiger partial charge in [-0.2, -0.15) is 0 Å². The van der Waals surface area contributed by atoms with Gasteiger partial charge in [-0.25, -0.2) is 4.57 Å². The number of phosphoric acid groups is 1. The van der Waals surface area contributed by atoms with Crippen molar-refractivity contribution in [2.75, 3.05) is 26.4 Å². The van der Waals surface area contributed by atoms with E-state index in [1.54, 1.807) is 0 Å². The maximum absolute atomic E-state index is 12.8. The van der Waals surface area contributed by atoms with E-state index >= 15 is 0 Å². The molecule has 488 valence electrons. The van der Waals surface area contributed by atoms with Crippen molar-refractivity contribution >= 4 is 19.8 Å². The number of esters is 2. The first kappa shape index (κ1) is 81.8. The smallest absolute Gasteiger partial charge is 0.462 e. The van der Waals surface area contributed by atoms with Gasteiger partial charge in [0.15, 0.2) is 6.10 Å². The van der Waals surface area contributed by atoms with Crippen LogP contribution in [0, 0.1) is 0 Å². The second-order valence-corrected chi connectivity index (χ2v) is 23.0. The number of carbonyl (C=O) groups excluding carboxylic acids is 2. The molecule has 0 heterocycles. The first-order valence-electron chi connectivity index (χ1n) is 33.9. The first-order chi connectivity index (χ1) is 42.8. The molecular formula is C77H122NO8P. The normalized spacial score (nSPS) is 14.2. The average molecular weight is 1220 g/mol. The van der Waals surface area contributed by atoms with Gasteiger partial charge in [0.05, 0.1) is 13.2 Å². The summed E-state index contributed by atoms with van der Waals surface area (Å²) in [5.41, 5.74) is 5.40. The van der Waals surface area contributed by atoms with E-state index in [9.17, 15) is 19.0 Å². The van der Waals surface area contributed by atoms with Gasteiger partial charge >= 0.3 is 19.8 Å². The van der Waals surface area contributed by atoms with Crippen LogP contribution >= 0.6 is 7.82 Å². The highest BCUT2D eigenvalue weighted by atomic mass is 31.2. The molecule has 0 aromatic heterocycles. The minimum Gasteiger partial charge on any atom is -0.462 e. The number of hydrogen-bond donors (Lipinski definition) is 2. The Morgan fingerprint density at radius 3 is 0.885 bits per heavy atom. The van der Waals surface area contributed by atoms with Gasteiger partial charge < -0.3 is 20.1 Å². The fourth-order valence-electron chi connectivity index (χ4n) is 8.55. The van der Waals surface area contributed by atoms with Gasteiger partial charge in [-0.1, -0.05) is 285 Å². The second-order valence-electron chi connectivity index (χ2n) is 21.6. The Hall–Kier alpha value is -5.15. The van der Waals surface area contributed by atoms with Crippen LogP contribution in [0.4, 0.5) is 0 Å². The van der Waals surface area contributed by atoms with Crippen LogP contribution in [0.2, 0.25) is 0 Å². The van der Waals surface area contributed by atoms with Crippen LogP contribution in [0.1, 0.15) is 245 Å². The van der Waals surface area contributed by atoms with E-state index in [-0.39, 0.29) is 32.6 Å². The van der Waals surface area contributed by atoms with Crippen LogP contribution < -0.4 is 5.73 Å². The van der Waals surface area contributed by atoms with Crippen LogP contribution in [0.5, 0.6) is 0 Å². The fraction of sp³-hybridized carbons (Fsp3) is 0.558.